The van der Waals surface area contributed by atoms with Crippen LogP contribution >= 0.6 is 0 Å². The lowest BCUT2D eigenvalue weighted by Crippen LogP contribution is -2.35. The highest BCUT2D eigenvalue weighted by Gasteiger charge is 2.39. The Balaban J connectivity index is 1.58. The molecule has 2 N–H and O–H groups in total. The molecule has 1 aliphatic heterocycles. The van der Waals surface area contributed by atoms with Gasteiger partial charge in [0.15, 0.2) is 0 Å². The van der Waals surface area contributed by atoms with Gasteiger partial charge in [0.2, 0.25) is 5.95 Å². The molecule has 6 heteroatoms. The number of hydrogen-bond donors (Lipinski definition) is 1. The Labute approximate surface area is 162 Å². The van der Waals surface area contributed by atoms with E-state index in [1.165, 1.54) is 0 Å². The summed E-state index contributed by atoms with van der Waals surface area (Å²) in [6.45, 7) is 1.11. The number of aldehydes is 1. The number of amides is 1. The van der Waals surface area contributed by atoms with Gasteiger partial charge in [-0.15, -0.1) is 0 Å². The van der Waals surface area contributed by atoms with Crippen molar-refractivity contribution in [1.82, 2.24) is 14.9 Å². The molecule has 140 valence electrons. The predicted molar refractivity (Wildman–Crippen MR) is 106 cm³/mol. The van der Waals surface area contributed by atoms with Gasteiger partial charge in [0, 0.05) is 18.5 Å². The van der Waals surface area contributed by atoms with Crippen LogP contribution in [0.1, 0.15) is 46.4 Å². The minimum absolute atomic E-state index is 0.0778. The summed E-state index contributed by atoms with van der Waals surface area (Å²) < 4.78 is 0. The Hall–Kier alpha value is -3.28. The molecule has 1 saturated carbocycles. The number of hydrogen-bond acceptors (Lipinski definition) is 5. The van der Waals surface area contributed by atoms with Crippen molar-refractivity contribution in [2.45, 2.75) is 37.8 Å². The fourth-order valence-corrected chi connectivity index (χ4v) is 4.28. The highest BCUT2D eigenvalue weighted by atomic mass is 16.2. The van der Waals surface area contributed by atoms with Gasteiger partial charge < -0.3 is 15.4 Å². The van der Waals surface area contributed by atoms with Gasteiger partial charge in [0.05, 0.1) is 10.9 Å². The number of carbonyl (C=O) groups is 2. The van der Waals surface area contributed by atoms with E-state index in [1.54, 1.807) is 4.90 Å². The van der Waals surface area contributed by atoms with Crippen molar-refractivity contribution < 1.29 is 9.59 Å². The first-order valence-corrected chi connectivity index (χ1v) is 9.50. The third-order valence-electron chi connectivity index (χ3n) is 6.09. The monoisotopic (exact) mass is 372 g/mol. The molecule has 0 spiro atoms. The molecule has 1 aromatic heterocycles. The van der Waals surface area contributed by atoms with Crippen molar-refractivity contribution in [3.63, 3.8) is 0 Å². The summed E-state index contributed by atoms with van der Waals surface area (Å²) in [5.41, 5.74) is 9.59. The topological polar surface area (TPSA) is 89.2 Å². The Morgan fingerprint density at radius 3 is 2.39 bits per heavy atom. The number of nitrogen functional groups attached to an aromatic ring is 1. The number of aromatic nitrogens is 2. The maximum absolute atomic E-state index is 13.3. The average Bonchev–Trinajstić information content (AvgIpc) is 3.11. The fraction of sp³-hybridized carbons (Fsp3) is 0.273. The van der Waals surface area contributed by atoms with Crippen LogP contribution in [-0.4, -0.2) is 27.1 Å². The van der Waals surface area contributed by atoms with Gasteiger partial charge in [-0.2, -0.15) is 0 Å². The number of rotatable bonds is 3. The molecule has 6 nitrogen and oxygen atoms in total. The van der Waals surface area contributed by atoms with Crippen molar-refractivity contribution in [3.05, 3.63) is 64.8 Å². The van der Waals surface area contributed by atoms with Crippen LogP contribution in [0.3, 0.4) is 0 Å². The van der Waals surface area contributed by atoms with Crippen LogP contribution in [0, 0.1) is 0 Å². The van der Waals surface area contributed by atoms with Crippen molar-refractivity contribution in [3.8, 4) is 0 Å². The van der Waals surface area contributed by atoms with Crippen LogP contribution in [-0.2, 0) is 23.3 Å². The largest absolute Gasteiger partial charge is 0.368 e. The van der Waals surface area contributed by atoms with E-state index in [-0.39, 0.29) is 11.9 Å². The lowest BCUT2D eigenvalue weighted by Gasteiger charge is -2.37. The molecule has 28 heavy (non-hydrogen) atoms. The van der Waals surface area contributed by atoms with Crippen molar-refractivity contribution in [2.24, 2.45) is 0 Å². The van der Waals surface area contributed by atoms with E-state index in [2.05, 4.69) is 9.97 Å². The third-order valence-corrected chi connectivity index (χ3v) is 6.09. The second-order valence-electron chi connectivity index (χ2n) is 7.72. The van der Waals surface area contributed by atoms with E-state index < -0.39 is 5.41 Å². The first-order valence-electron chi connectivity index (χ1n) is 9.50. The standard InChI is InChI=1S/C22H20N4O2/c23-21-24-18-7-6-16(22(13-27)8-3-9-22)10-17(18)19(25-21)20(28)26-11-14-4-1-2-5-15(14)12-26/h1-2,4-7,10,13H,3,8-9,11-12H2,(H2,23,24,25). The third kappa shape index (κ3) is 2.48. The van der Waals surface area contributed by atoms with E-state index in [9.17, 15) is 9.59 Å². The average molecular weight is 372 g/mol. The van der Waals surface area contributed by atoms with Gasteiger partial charge in [-0.25, -0.2) is 9.97 Å². The molecule has 0 saturated heterocycles. The maximum atomic E-state index is 13.3. The number of nitrogens with zero attached hydrogens (tertiary/aromatic N) is 3. The molecule has 5 rings (SSSR count). The summed E-state index contributed by atoms with van der Waals surface area (Å²) in [4.78, 5) is 35.4. The second-order valence-corrected chi connectivity index (χ2v) is 7.72. The molecular formula is C22H20N4O2. The number of benzene rings is 2. The van der Waals surface area contributed by atoms with Gasteiger partial charge >= 0.3 is 0 Å². The van der Waals surface area contributed by atoms with Crippen LogP contribution in [0.15, 0.2) is 42.5 Å². The summed E-state index contributed by atoms with van der Waals surface area (Å²) in [5, 5.41) is 0.654. The van der Waals surface area contributed by atoms with E-state index in [4.69, 9.17) is 5.73 Å². The van der Waals surface area contributed by atoms with Crippen LogP contribution in [0.2, 0.25) is 0 Å². The molecule has 2 aliphatic rings. The molecular weight excluding hydrogens is 352 g/mol. The quantitative estimate of drug-likeness (QED) is 0.714. The second kappa shape index (κ2) is 6.12. The fourth-order valence-electron chi connectivity index (χ4n) is 4.28. The SMILES string of the molecule is Nc1nc(C(=O)N2Cc3ccccc3C2)c2cc(C3(C=O)CCC3)ccc2n1. The lowest BCUT2D eigenvalue weighted by atomic mass is 9.65. The predicted octanol–water partition coefficient (Wildman–Crippen LogP) is 2.99. The van der Waals surface area contributed by atoms with E-state index in [0.717, 1.165) is 42.2 Å². The van der Waals surface area contributed by atoms with Gasteiger partial charge in [-0.3, -0.25) is 4.79 Å². The first-order chi connectivity index (χ1) is 13.6. The zero-order valence-electron chi connectivity index (χ0n) is 15.4. The van der Waals surface area contributed by atoms with E-state index >= 15 is 0 Å². The molecule has 2 aromatic carbocycles. The van der Waals surface area contributed by atoms with Crippen LogP contribution in [0.4, 0.5) is 5.95 Å². The molecule has 0 atom stereocenters. The molecule has 3 aromatic rings. The molecule has 0 bridgehead atoms. The number of carbonyl (C=O) groups excluding carboxylic acids is 2. The summed E-state index contributed by atoms with van der Waals surface area (Å²) in [5.74, 6) is -0.0877. The molecule has 1 aliphatic carbocycles. The summed E-state index contributed by atoms with van der Waals surface area (Å²) in [6.07, 6.45) is 3.74. The zero-order valence-corrected chi connectivity index (χ0v) is 15.4. The summed E-state index contributed by atoms with van der Waals surface area (Å²) in [6, 6.07) is 13.7. The van der Waals surface area contributed by atoms with E-state index in [0.29, 0.717) is 29.7 Å². The minimum Gasteiger partial charge on any atom is -0.368 e. The zero-order chi connectivity index (χ0) is 19.3. The van der Waals surface area contributed by atoms with Gasteiger partial charge in [0.1, 0.15) is 12.0 Å². The summed E-state index contributed by atoms with van der Waals surface area (Å²) >= 11 is 0. The lowest BCUT2D eigenvalue weighted by molar-refractivity contribution is -0.115. The molecule has 0 radical (unpaired) electrons. The highest BCUT2D eigenvalue weighted by molar-refractivity contribution is 6.05. The number of anilines is 1. The Kier molecular flexibility index (Phi) is 3.69. The van der Waals surface area contributed by atoms with Crippen LogP contribution in [0.25, 0.3) is 10.9 Å². The van der Waals surface area contributed by atoms with E-state index in [1.807, 2.05) is 42.5 Å². The van der Waals surface area contributed by atoms with Gasteiger partial charge in [0.25, 0.3) is 5.91 Å². The Morgan fingerprint density at radius 1 is 1.07 bits per heavy atom. The molecule has 1 amide bonds. The number of fused-ring (bicyclic) bond motifs is 2. The Bertz CT molecular complexity index is 1100. The Morgan fingerprint density at radius 2 is 1.79 bits per heavy atom. The molecule has 2 heterocycles. The maximum Gasteiger partial charge on any atom is 0.273 e. The van der Waals surface area contributed by atoms with Crippen LogP contribution < -0.4 is 5.73 Å². The number of nitrogens with two attached hydrogens (primary N) is 1. The van der Waals surface area contributed by atoms with Crippen molar-refractivity contribution in [1.29, 1.82) is 0 Å². The molecule has 0 unspecified atom stereocenters. The highest BCUT2D eigenvalue weighted by Crippen LogP contribution is 2.42. The van der Waals surface area contributed by atoms with Crippen molar-refractivity contribution in [2.75, 3.05) is 5.73 Å². The molecule has 1 fully saturated rings. The van der Waals surface area contributed by atoms with Crippen molar-refractivity contribution >= 4 is 29.0 Å². The van der Waals surface area contributed by atoms with Gasteiger partial charge in [-0.05, 0) is 41.7 Å². The van der Waals surface area contributed by atoms with Gasteiger partial charge in [-0.1, -0.05) is 36.8 Å². The smallest absolute Gasteiger partial charge is 0.273 e. The first kappa shape index (κ1) is 16.9. The van der Waals surface area contributed by atoms with Crippen LogP contribution in [0.5, 0.6) is 0 Å². The summed E-state index contributed by atoms with van der Waals surface area (Å²) in [7, 11) is 0. The normalized spacial score (nSPS) is 17.2. The minimum atomic E-state index is -0.445.